The number of benzene rings is 1. The molecule has 0 heterocycles. The van der Waals surface area contributed by atoms with Crippen LogP contribution in [0.5, 0.6) is 0 Å². The Morgan fingerprint density at radius 1 is 1.08 bits per heavy atom. The van der Waals surface area contributed by atoms with Gasteiger partial charge in [0.05, 0.1) is 4.90 Å². The summed E-state index contributed by atoms with van der Waals surface area (Å²) in [6.45, 7) is 8.35. The summed E-state index contributed by atoms with van der Waals surface area (Å²) in [7, 11) is -3.55. The Bertz CT molecular complexity index is 610. The van der Waals surface area contributed by atoms with Crippen LogP contribution in [0, 0.1) is 12.8 Å². The quantitative estimate of drug-likeness (QED) is 0.678. The van der Waals surface area contributed by atoms with E-state index in [2.05, 4.69) is 23.9 Å². The second-order valence-electron chi connectivity index (χ2n) is 6.75. The van der Waals surface area contributed by atoms with Gasteiger partial charge in [-0.3, -0.25) is 4.79 Å². The topological polar surface area (TPSA) is 75.3 Å². The third-order valence-corrected chi connectivity index (χ3v) is 5.28. The van der Waals surface area contributed by atoms with Crippen LogP contribution in [0.3, 0.4) is 0 Å². The summed E-state index contributed by atoms with van der Waals surface area (Å²) in [6.07, 6.45) is 3.31. The van der Waals surface area contributed by atoms with E-state index in [1.165, 1.54) is 0 Å². The van der Waals surface area contributed by atoms with E-state index in [9.17, 15) is 13.2 Å². The third-order valence-electron chi connectivity index (χ3n) is 3.80. The van der Waals surface area contributed by atoms with Crippen LogP contribution >= 0.6 is 0 Å². The van der Waals surface area contributed by atoms with Gasteiger partial charge in [-0.05, 0) is 38.3 Å². The Morgan fingerprint density at radius 3 is 2.29 bits per heavy atom. The van der Waals surface area contributed by atoms with Crippen LogP contribution in [0.4, 0.5) is 0 Å². The Morgan fingerprint density at radius 2 is 1.71 bits per heavy atom. The maximum absolute atomic E-state index is 12.1. The molecule has 1 aromatic rings. The first-order valence-corrected chi connectivity index (χ1v) is 10.0. The molecule has 0 saturated carbocycles. The van der Waals surface area contributed by atoms with Gasteiger partial charge in [0.2, 0.25) is 15.9 Å². The van der Waals surface area contributed by atoms with Gasteiger partial charge in [0.1, 0.15) is 0 Å². The van der Waals surface area contributed by atoms with Gasteiger partial charge in [0, 0.05) is 19.0 Å². The highest BCUT2D eigenvalue weighted by Crippen LogP contribution is 2.10. The fourth-order valence-electron chi connectivity index (χ4n) is 2.35. The number of carbonyl (C=O) groups is 1. The molecule has 0 radical (unpaired) electrons. The van der Waals surface area contributed by atoms with Gasteiger partial charge in [-0.15, -0.1) is 0 Å². The van der Waals surface area contributed by atoms with Gasteiger partial charge in [0.15, 0.2) is 0 Å². The summed E-state index contributed by atoms with van der Waals surface area (Å²) in [5, 5.41) is 2.91. The van der Waals surface area contributed by atoms with Gasteiger partial charge in [-0.2, -0.15) is 0 Å². The van der Waals surface area contributed by atoms with Crippen LogP contribution in [-0.2, 0) is 14.8 Å². The SMILES string of the molecule is Cc1ccc(S(=O)(=O)NCCC(=O)NC(C)CCCC(C)C)cc1. The highest BCUT2D eigenvalue weighted by Gasteiger charge is 2.14. The number of hydrogen-bond donors (Lipinski definition) is 2. The maximum Gasteiger partial charge on any atom is 0.240 e. The maximum atomic E-state index is 12.1. The zero-order chi connectivity index (χ0) is 18.2. The molecule has 1 rings (SSSR count). The number of amides is 1. The molecule has 2 N–H and O–H groups in total. The van der Waals surface area contributed by atoms with Crippen LogP contribution in [-0.4, -0.2) is 26.9 Å². The van der Waals surface area contributed by atoms with Crippen molar-refractivity contribution in [1.29, 1.82) is 0 Å². The molecule has 0 aliphatic heterocycles. The Kier molecular flexibility index (Phi) is 8.42. The monoisotopic (exact) mass is 354 g/mol. The second kappa shape index (κ2) is 9.79. The van der Waals surface area contributed by atoms with E-state index in [-0.39, 0.29) is 29.8 Å². The smallest absolute Gasteiger partial charge is 0.240 e. The first kappa shape index (κ1) is 20.6. The average molecular weight is 355 g/mol. The van der Waals surface area contributed by atoms with Crippen molar-refractivity contribution < 1.29 is 13.2 Å². The molecule has 0 spiro atoms. The predicted octanol–water partition coefficient (Wildman–Crippen LogP) is 2.99. The van der Waals surface area contributed by atoms with E-state index >= 15 is 0 Å². The predicted molar refractivity (Wildman–Crippen MR) is 97.3 cm³/mol. The molecule has 0 saturated heterocycles. The molecule has 6 heteroatoms. The van der Waals surface area contributed by atoms with E-state index in [4.69, 9.17) is 0 Å². The lowest BCUT2D eigenvalue weighted by molar-refractivity contribution is -0.121. The third kappa shape index (κ3) is 7.93. The summed E-state index contributed by atoms with van der Waals surface area (Å²) in [5.74, 6) is 0.544. The fraction of sp³-hybridized carbons (Fsp3) is 0.611. The molecular formula is C18H30N2O3S. The van der Waals surface area contributed by atoms with Crippen LogP contribution in [0.2, 0.25) is 0 Å². The first-order chi connectivity index (χ1) is 11.2. The summed E-state index contributed by atoms with van der Waals surface area (Å²) in [6, 6.07) is 6.74. The van der Waals surface area contributed by atoms with E-state index in [1.807, 2.05) is 13.8 Å². The fourth-order valence-corrected chi connectivity index (χ4v) is 3.38. The molecule has 24 heavy (non-hydrogen) atoms. The number of hydrogen-bond acceptors (Lipinski definition) is 3. The van der Waals surface area contributed by atoms with Crippen LogP contribution in [0.1, 0.15) is 52.0 Å². The lowest BCUT2D eigenvalue weighted by Gasteiger charge is -2.14. The Hall–Kier alpha value is -1.40. The number of sulfonamides is 1. The second-order valence-corrected chi connectivity index (χ2v) is 8.52. The normalized spacial score (nSPS) is 13.0. The van der Waals surface area contributed by atoms with Crippen molar-refractivity contribution in [2.24, 2.45) is 5.92 Å². The summed E-state index contributed by atoms with van der Waals surface area (Å²) >= 11 is 0. The summed E-state index contributed by atoms with van der Waals surface area (Å²) < 4.78 is 26.7. The molecule has 0 aromatic heterocycles. The molecule has 0 bridgehead atoms. The van der Waals surface area contributed by atoms with Crippen molar-refractivity contribution >= 4 is 15.9 Å². The van der Waals surface area contributed by atoms with E-state index in [0.717, 1.165) is 24.8 Å². The molecule has 1 unspecified atom stereocenters. The lowest BCUT2D eigenvalue weighted by Crippen LogP contribution is -2.35. The highest BCUT2D eigenvalue weighted by atomic mass is 32.2. The van der Waals surface area contributed by atoms with Gasteiger partial charge in [-0.1, -0.05) is 44.4 Å². The number of aryl methyl sites for hydroxylation is 1. The minimum Gasteiger partial charge on any atom is -0.354 e. The van der Waals surface area contributed by atoms with Crippen molar-refractivity contribution in [3.63, 3.8) is 0 Å². The highest BCUT2D eigenvalue weighted by molar-refractivity contribution is 7.89. The van der Waals surface area contributed by atoms with Gasteiger partial charge >= 0.3 is 0 Å². The van der Waals surface area contributed by atoms with E-state index in [1.54, 1.807) is 24.3 Å². The molecule has 1 amide bonds. The largest absolute Gasteiger partial charge is 0.354 e. The molecule has 1 aromatic carbocycles. The van der Waals surface area contributed by atoms with Crippen molar-refractivity contribution in [3.05, 3.63) is 29.8 Å². The molecule has 1 atom stereocenters. The average Bonchev–Trinajstić information content (AvgIpc) is 2.46. The summed E-state index contributed by atoms with van der Waals surface area (Å²) in [5.41, 5.74) is 1.000. The van der Waals surface area contributed by atoms with Gasteiger partial charge in [-0.25, -0.2) is 13.1 Å². The number of rotatable bonds is 10. The van der Waals surface area contributed by atoms with Crippen molar-refractivity contribution in [1.82, 2.24) is 10.0 Å². The molecule has 5 nitrogen and oxygen atoms in total. The standard InChI is InChI=1S/C18H30N2O3S/c1-14(2)6-5-7-16(4)20-18(21)12-13-19-24(22,23)17-10-8-15(3)9-11-17/h8-11,14,16,19H,5-7,12-13H2,1-4H3,(H,20,21). The van der Waals surface area contributed by atoms with E-state index < -0.39 is 10.0 Å². The van der Waals surface area contributed by atoms with Crippen LogP contribution in [0.15, 0.2) is 29.2 Å². The van der Waals surface area contributed by atoms with Gasteiger partial charge in [0.25, 0.3) is 0 Å². The zero-order valence-electron chi connectivity index (χ0n) is 15.1. The Labute approximate surface area is 146 Å². The molecular weight excluding hydrogens is 324 g/mol. The number of nitrogens with one attached hydrogen (secondary N) is 2. The van der Waals surface area contributed by atoms with Gasteiger partial charge < -0.3 is 5.32 Å². The van der Waals surface area contributed by atoms with Crippen molar-refractivity contribution in [2.45, 2.75) is 64.3 Å². The zero-order valence-corrected chi connectivity index (χ0v) is 15.9. The molecule has 0 fully saturated rings. The lowest BCUT2D eigenvalue weighted by atomic mass is 10.0. The van der Waals surface area contributed by atoms with Crippen LogP contribution < -0.4 is 10.0 Å². The van der Waals surface area contributed by atoms with Crippen LogP contribution in [0.25, 0.3) is 0 Å². The molecule has 0 aliphatic rings. The van der Waals surface area contributed by atoms with Crippen molar-refractivity contribution in [3.8, 4) is 0 Å². The summed E-state index contributed by atoms with van der Waals surface area (Å²) in [4.78, 5) is 12.1. The molecule has 136 valence electrons. The number of carbonyl (C=O) groups excluding carboxylic acids is 1. The molecule has 0 aliphatic carbocycles. The Balaban J connectivity index is 2.33. The minimum atomic E-state index is -3.55. The minimum absolute atomic E-state index is 0.0980. The van der Waals surface area contributed by atoms with E-state index in [0.29, 0.717) is 5.92 Å². The first-order valence-electron chi connectivity index (χ1n) is 8.56. The van der Waals surface area contributed by atoms with Crippen molar-refractivity contribution in [2.75, 3.05) is 6.54 Å².